The first-order valence-electron chi connectivity index (χ1n) is 10.2. The third-order valence-corrected chi connectivity index (χ3v) is 5.83. The van der Waals surface area contributed by atoms with Crippen molar-refractivity contribution in [1.29, 1.82) is 0 Å². The fourth-order valence-corrected chi connectivity index (χ4v) is 3.88. The highest BCUT2D eigenvalue weighted by Gasteiger charge is 2.38. The highest BCUT2D eigenvalue weighted by atomic mass is 35.5. The number of aryl methyl sites for hydroxylation is 2. The van der Waals surface area contributed by atoms with E-state index < -0.39 is 30.3 Å². The molecular weight excluding hydrogens is 479 g/mol. The van der Waals surface area contributed by atoms with Crippen LogP contribution in [0.4, 0.5) is 11.4 Å². The maximum Gasteiger partial charge on any atom is 0.338 e. The molecule has 1 N–H and O–H groups in total. The highest BCUT2D eigenvalue weighted by molar-refractivity contribution is 6.36. The first-order valence-corrected chi connectivity index (χ1v) is 10.9. The quantitative estimate of drug-likeness (QED) is 0.386. The molecule has 172 valence electrons. The number of imide groups is 1. The maximum absolute atomic E-state index is 13.0. The van der Waals surface area contributed by atoms with Crippen LogP contribution in [0.3, 0.4) is 0 Å². The van der Waals surface area contributed by atoms with E-state index in [0.717, 1.165) is 16.0 Å². The van der Waals surface area contributed by atoms with Crippen LogP contribution >= 0.6 is 23.2 Å². The first kappa shape index (κ1) is 23.5. The standard InChI is InChI=1S/C25H18Cl2N2O5/c1-13-3-4-14(2)21(9-13)29-23(31)17-7-5-15(10-18(17)24(29)32)25(33)34-12-22(30)28-20-11-16(26)6-8-19(20)27/h3-11H,12H2,1-2H3,(H,28,30). The number of nitrogens with one attached hydrogen (secondary N) is 1. The van der Waals surface area contributed by atoms with Crippen LogP contribution in [-0.2, 0) is 9.53 Å². The van der Waals surface area contributed by atoms with Gasteiger partial charge in [-0.1, -0.05) is 35.3 Å². The van der Waals surface area contributed by atoms with Crippen LogP contribution in [0.15, 0.2) is 54.6 Å². The predicted molar refractivity (Wildman–Crippen MR) is 129 cm³/mol. The second-order valence-corrected chi connectivity index (χ2v) is 8.59. The van der Waals surface area contributed by atoms with E-state index in [1.165, 1.54) is 30.3 Å². The number of halogens is 2. The minimum absolute atomic E-state index is 0.0382. The number of carbonyl (C=O) groups is 4. The molecule has 1 aliphatic rings. The summed E-state index contributed by atoms with van der Waals surface area (Å²) in [6, 6.07) is 14.1. The monoisotopic (exact) mass is 496 g/mol. The zero-order valence-corrected chi connectivity index (χ0v) is 19.7. The van der Waals surface area contributed by atoms with Gasteiger partial charge in [0.25, 0.3) is 17.7 Å². The number of nitrogens with zero attached hydrogens (tertiary/aromatic N) is 1. The van der Waals surface area contributed by atoms with Crippen molar-refractivity contribution in [2.24, 2.45) is 0 Å². The molecule has 1 heterocycles. The van der Waals surface area contributed by atoms with E-state index in [1.54, 1.807) is 12.1 Å². The van der Waals surface area contributed by atoms with Crippen molar-refractivity contribution in [3.05, 3.63) is 92.5 Å². The summed E-state index contributed by atoms with van der Waals surface area (Å²) < 4.78 is 5.06. The van der Waals surface area contributed by atoms with Gasteiger partial charge in [-0.25, -0.2) is 9.69 Å². The number of ether oxygens (including phenoxy) is 1. The van der Waals surface area contributed by atoms with E-state index in [1.807, 2.05) is 26.0 Å². The van der Waals surface area contributed by atoms with Crippen LogP contribution in [0.5, 0.6) is 0 Å². The van der Waals surface area contributed by atoms with Gasteiger partial charge < -0.3 is 10.1 Å². The molecule has 0 saturated heterocycles. The number of fused-ring (bicyclic) bond motifs is 1. The molecule has 0 atom stereocenters. The molecule has 0 saturated carbocycles. The van der Waals surface area contributed by atoms with Crippen molar-refractivity contribution < 1.29 is 23.9 Å². The SMILES string of the molecule is Cc1ccc(C)c(N2C(=O)c3ccc(C(=O)OCC(=O)Nc4cc(Cl)ccc4Cl)cc3C2=O)c1. The lowest BCUT2D eigenvalue weighted by Crippen LogP contribution is -2.30. The summed E-state index contributed by atoms with van der Waals surface area (Å²) in [5.74, 6) is -2.44. The van der Waals surface area contributed by atoms with Gasteiger partial charge in [0.15, 0.2) is 6.61 Å². The van der Waals surface area contributed by atoms with Crippen LogP contribution in [0.1, 0.15) is 42.2 Å². The van der Waals surface area contributed by atoms with Gasteiger partial charge in [0.1, 0.15) is 0 Å². The van der Waals surface area contributed by atoms with Crippen LogP contribution in [0, 0.1) is 13.8 Å². The smallest absolute Gasteiger partial charge is 0.338 e. The molecule has 34 heavy (non-hydrogen) atoms. The Hall–Kier alpha value is -3.68. The Balaban J connectivity index is 1.48. The molecular formula is C25H18Cl2N2O5. The van der Waals surface area contributed by atoms with Gasteiger partial charge in [0.2, 0.25) is 0 Å². The van der Waals surface area contributed by atoms with E-state index in [4.69, 9.17) is 27.9 Å². The molecule has 1 aliphatic heterocycles. The Bertz CT molecular complexity index is 1370. The summed E-state index contributed by atoms with van der Waals surface area (Å²) in [6.07, 6.45) is 0. The van der Waals surface area contributed by atoms with Crippen LogP contribution in [0.2, 0.25) is 10.0 Å². The van der Waals surface area contributed by atoms with Gasteiger partial charge in [-0.2, -0.15) is 0 Å². The Morgan fingerprint density at radius 3 is 2.41 bits per heavy atom. The Labute approximate surface area is 205 Å². The summed E-state index contributed by atoms with van der Waals surface area (Å²) in [6.45, 7) is 3.09. The molecule has 3 aromatic rings. The number of benzene rings is 3. The lowest BCUT2D eigenvalue weighted by molar-refractivity contribution is -0.119. The summed E-state index contributed by atoms with van der Waals surface area (Å²) in [5.41, 5.74) is 2.77. The van der Waals surface area contributed by atoms with Gasteiger partial charge >= 0.3 is 5.97 Å². The van der Waals surface area contributed by atoms with Gasteiger partial charge in [-0.05, 0) is 67.4 Å². The fraction of sp³-hybridized carbons (Fsp3) is 0.120. The zero-order chi connectivity index (χ0) is 24.6. The largest absolute Gasteiger partial charge is 0.452 e. The van der Waals surface area contributed by atoms with Gasteiger partial charge in [-0.15, -0.1) is 0 Å². The summed E-state index contributed by atoms with van der Waals surface area (Å²) in [5, 5.41) is 3.16. The number of hydrogen-bond donors (Lipinski definition) is 1. The lowest BCUT2D eigenvalue weighted by Gasteiger charge is -2.17. The molecule has 0 bridgehead atoms. The molecule has 3 aromatic carbocycles. The molecule has 0 unspecified atom stereocenters. The van der Waals surface area contributed by atoms with Gasteiger partial charge in [0, 0.05) is 5.02 Å². The Kier molecular flexibility index (Phi) is 6.41. The van der Waals surface area contributed by atoms with E-state index in [9.17, 15) is 19.2 Å². The van der Waals surface area contributed by atoms with Gasteiger partial charge in [-0.3, -0.25) is 14.4 Å². The van der Waals surface area contributed by atoms with Crippen molar-refractivity contribution >= 4 is 58.3 Å². The highest BCUT2D eigenvalue weighted by Crippen LogP contribution is 2.32. The second-order valence-electron chi connectivity index (χ2n) is 7.74. The normalized spacial score (nSPS) is 12.5. The van der Waals surface area contributed by atoms with Crippen LogP contribution in [0.25, 0.3) is 0 Å². The van der Waals surface area contributed by atoms with Crippen molar-refractivity contribution in [3.8, 4) is 0 Å². The minimum Gasteiger partial charge on any atom is -0.452 e. The van der Waals surface area contributed by atoms with Gasteiger partial charge in [0.05, 0.1) is 33.1 Å². The topological polar surface area (TPSA) is 92.8 Å². The average Bonchev–Trinajstić information content (AvgIpc) is 3.05. The molecule has 0 fully saturated rings. The number of rotatable bonds is 5. The van der Waals surface area contributed by atoms with Crippen molar-refractivity contribution in [3.63, 3.8) is 0 Å². The predicted octanol–water partition coefficient (Wildman–Crippen LogP) is 5.21. The average molecular weight is 497 g/mol. The number of carbonyl (C=O) groups excluding carboxylic acids is 4. The molecule has 0 spiro atoms. The second kappa shape index (κ2) is 9.29. The number of anilines is 2. The van der Waals surface area contributed by atoms with E-state index in [-0.39, 0.29) is 27.4 Å². The zero-order valence-electron chi connectivity index (χ0n) is 18.1. The molecule has 3 amide bonds. The van der Waals surface area contributed by atoms with Crippen molar-refractivity contribution in [2.45, 2.75) is 13.8 Å². The Morgan fingerprint density at radius 1 is 0.912 bits per heavy atom. The Morgan fingerprint density at radius 2 is 1.65 bits per heavy atom. The number of esters is 1. The fourth-order valence-electron chi connectivity index (χ4n) is 3.54. The van der Waals surface area contributed by atoms with E-state index >= 15 is 0 Å². The maximum atomic E-state index is 13.0. The van der Waals surface area contributed by atoms with Crippen molar-refractivity contribution in [2.75, 3.05) is 16.8 Å². The third-order valence-electron chi connectivity index (χ3n) is 5.26. The van der Waals surface area contributed by atoms with E-state index in [2.05, 4.69) is 5.32 Å². The summed E-state index contributed by atoms with van der Waals surface area (Å²) in [7, 11) is 0. The molecule has 7 nitrogen and oxygen atoms in total. The molecule has 9 heteroatoms. The van der Waals surface area contributed by atoms with Crippen molar-refractivity contribution in [1.82, 2.24) is 0 Å². The summed E-state index contributed by atoms with van der Waals surface area (Å²) >= 11 is 11.9. The number of hydrogen-bond acceptors (Lipinski definition) is 5. The number of amides is 3. The molecule has 0 aliphatic carbocycles. The third kappa shape index (κ3) is 4.53. The molecule has 0 aromatic heterocycles. The lowest BCUT2D eigenvalue weighted by atomic mass is 10.1. The van der Waals surface area contributed by atoms with Crippen LogP contribution < -0.4 is 10.2 Å². The molecule has 4 rings (SSSR count). The van der Waals surface area contributed by atoms with Crippen LogP contribution in [-0.4, -0.2) is 30.3 Å². The molecule has 0 radical (unpaired) electrons. The minimum atomic E-state index is -0.819. The summed E-state index contributed by atoms with van der Waals surface area (Å²) in [4.78, 5) is 51.7. The first-order chi connectivity index (χ1) is 16.2. The van der Waals surface area contributed by atoms with E-state index in [0.29, 0.717) is 10.7 Å².